The Balaban J connectivity index is 1.41. The molecular formula is C73H131NO18. The van der Waals surface area contributed by atoms with Crippen LogP contribution in [0.1, 0.15) is 264 Å². The third-order valence-electron chi connectivity index (χ3n) is 18.1. The Kier molecular flexibility index (Phi) is 49.6. The number of amides is 1. The summed E-state index contributed by atoms with van der Waals surface area (Å²) in [4.78, 5) is 13.4. The topological polar surface area (TPSA) is 307 Å². The van der Waals surface area contributed by atoms with E-state index in [0.717, 1.165) is 77.0 Å². The third-order valence-corrected chi connectivity index (χ3v) is 18.1. The molecule has 3 aliphatic rings. The van der Waals surface area contributed by atoms with Crippen molar-refractivity contribution in [3.8, 4) is 0 Å². The molecule has 1 amide bonds. The average molecular weight is 1310 g/mol. The van der Waals surface area contributed by atoms with Gasteiger partial charge in [-0.15, -0.1) is 0 Å². The van der Waals surface area contributed by atoms with E-state index in [4.69, 9.17) is 28.4 Å². The minimum atomic E-state index is -1.98. The molecule has 3 aliphatic heterocycles. The van der Waals surface area contributed by atoms with Gasteiger partial charge < -0.3 is 89.9 Å². The fourth-order valence-corrected chi connectivity index (χ4v) is 12.2. The van der Waals surface area contributed by atoms with Crippen molar-refractivity contribution in [2.45, 2.75) is 369 Å². The van der Waals surface area contributed by atoms with Gasteiger partial charge in [0.2, 0.25) is 5.91 Å². The largest absolute Gasteiger partial charge is 0.394 e. The Morgan fingerprint density at radius 3 is 1.17 bits per heavy atom. The van der Waals surface area contributed by atoms with E-state index in [1.807, 2.05) is 6.08 Å². The molecule has 0 radical (unpaired) electrons. The van der Waals surface area contributed by atoms with Crippen molar-refractivity contribution >= 4 is 5.91 Å². The molecule has 3 saturated heterocycles. The molecule has 0 spiro atoms. The molecular weight excluding hydrogens is 1180 g/mol. The first kappa shape index (κ1) is 83.7. The smallest absolute Gasteiger partial charge is 0.220 e. The van der Waals surface area contributed by atoms with Gasteiger partial charge in [-0.2, -0.15) is 0 Å². The van der Waals surface area contributed by atoms with Gasteiger partial charge >= 0.3 is 0 Å². The predicted octanol–water partition coefficient (Wildman–Crippen LogP) is 10.3. The maximum absolute atomic E-state index is 13.4. The van der Waals surface area contributed by atoms with Crippen molar-refractivity contribution < 1.29 is 89.4 Å². The summed E-state index contributed by atoms with van der Waals surface area (Å²) in [5, 5.41) is 121. The maximum atomic E-state index is 13.4. The minimum Gasteiger partial charge on any atom is -0.394 e. The Morgan fingerprint density at radius 2 is 0.750 bits per heavy atom. The molecule has 536 valence electrons. The Bertz CT molecular complexity index is 1900. The van der Waals surface area contributed by atoms with Gasteiger partial charge in [-0.25, -0.2) is 0 Å². The zero-order valence-corrected chi connectivity index (χ0v) is 56.8. The van der Waals surface area contributed by atoms with Crippen LogP contribution in [0.2, 0.25) is 0 Å². The van der Waals surface area contributed by atoms with Crippen LogP contribution in [0.3, 0.4) is 0 Å². The molecule has 3 fully saturated rings. The average Bonchev–Trinajstić information content (AvgIpc) is 0.854. The molecule has 0 aromatic rings. The number of carbonyl (C=O) groups is 1. The van der Waals surface area contributed by atoms with Crippen molar-refractivity contribution in [3.05, 3.63) is 60.8 Å². The van der Waals surface area contributed by atoms with Crippen LogP contribution < -0.4 is 5.32 Å². The van der Waals surface area contributed by atoms with Crippen LogP contribution in [0.15, 0.2) is 60.8 Å². The summed E-state index contributed by atoms with van der Waals surface area (Å²) in [5.74, 6) is -0.275. The molecule has 3 rings (SSSR count). The van der Waals surface area contributed by atoms with Crippen LogP contribution in [0.25, 0.3) is 0 Å². The highest BCUT2D eigenvalue weighted by molar-refractivity contribution is 5.76. The van der Waals surface area contributed by atoms with Crippen molar-refractivity contribution in [2.24, 2.45) is 0 Å². The van der Waals surface area contributed by atoms with Gasteiger partial charge in [0.1, 0.15) is 73.2 Å². The molecule has 19 nitrogen and oxygen atoms in total. The lowest BCUT2D eigenvalue weighted by Gasteiger charge is -2.48. The van der Waals surface area contributed by atoms with Crippen LogP contribution in [0, 0.1) is 0 Å². The van der Waals surface area contributed by atoms with Crippen LogP contribution >= 0.6 is 0 Å². The summed E-state index contributed by atoms with van der Waals surface area (Å²) in [5.41, 5.74) is 0. The zero-order valence-electron chi connectivity index (χ0n) is 56.8. The van der Waals surface area contributed by atoms with E-state index in [1.165, 1.54) is 161 Å². The van der Waals surface area contributed by atoms with Crippen molar-refractivity contribution in [3.63, 3.8) is 0 Å². The van der Waals surface area contributed by atoms with Crippen LogP contribution in [0.5, 0.6) is 0 Å². The molecule has 0 aromatic heterocycles. The van der Waals surface area contributed by atoms with E-state index < -0.39 is 124 Å². The molecule has 0 bridgehead atoms. The lowest BCUT2D eigenvalue weighted by Crippen LogP contribution is -2.66. The third kappa shape index (κ3) is 35.7. The first-order valence-corrected chi connectivity index (χ1v) is 36.5. The van der Waals surface area contributed by atoms with Crippen LogP contribution in [0.4, 0.5) is 0 Å². The number of unbranched alkanes of at least 4 members (excludes halogenated alkanes) is 32. The first-order chi connectivity index (χ1) is 44.8. The second-order valence-electron chi connectivity index (χ2n) is 26.0. The number of allylic oxidation sites excluding steroid dienone is 9. The number of hydrogen-bond acceptors (Lipinski definition) is 18. The Labute approximate surface area is 554 Å². The van der Waals surface area contributed by atoms with Crippen molar-refractivity contribution in [2.75, 3.05) is 26.4 Å². The van der Waals surface area contributed by atoms with Gasteiger partial charge in [0.25, 0.3) is 0 Å². The van der Waals surface area contributed by atoms with Crippen LogP contribution in [-0.4, -0.2) is 193 Å². The molecule has 3 heterocycles. The standard InChI is InChI=1S/C73H131NO18/c1-3-5-7-9-11-13-15-17-19-21-23-25-26-27-28-29-30-31-33-35-37-39-41-43-45-47-49-51-61(79)74-56(57(78)50-48-46-44-42-40-38-36-34-32-24-22-20-18-16-14-12-10-8-6-4-2)55-87-71-67(85)64(82)69(59(53-76)89-71)92-73-68(86)65(83)70(60(54-77)90-73)91-72-66(84)63(81)62(80)58(52-75)88-72/h5,7,11,13,17,19,23,25,48,50,56-60,62-73,75-78,80-86H,3-4,6,8-10,12,14-16,18,20-22,24,26-47,49,51-55H2,1-2H3,(H,74,79)/b7-5-,13-11-,19-17-,25-23-,50-48+. The fraction of sp³-hybridized carbons (Fsp3) is 0.849. The summed E-state index contributed by atoms with van der Waals surface area (Å²) < 4.78 is 34.4. The van der Waals surface area contributed by atoms with Gasteiger partial charge in [0.15, 0.2) is 18.9 Å². The number of aliphatic hydroxyl groups is 11. The highest BCUT2D eigenvalue weighted by Crippen LogP contribution is 2.33. The normalized spacial score (nSPS) is 28.0. The molecule has 0 saturated carbocycles. The molecule has 17 unspecified atom stereocenters. The molecule has 0 aromatic carbocycles. The van der Waals surface area contributed by atoms with Gasteiger partial charge in [0.05, 0.1) is 38.6 Å². The number of carbonyl (C=O) groups excluding carboxylic acids is 1. The van der Waals surface area contributed by atoms with Crippen molar-refractivity contribution in [1.29, 1.82) is 0 Å². The van der Waals surface area contributed by atoms with Crippen LogP contribution in [-0.2, 0) is 33.2 Å². The summed E-state index contributed by atoms with van der Waals surface area (Å²) >= 11 is 0. The number of rotatable bonds is 56. The van der Waals surface area contributed by atoms with E-state index in [1.54, 1.807) is 6.08 Å². The van der Waals surface area contributed by atoms with Gasteiger partial charge in [-0.1, -0.05) is 261 Å². The van der Waals surface area contributed by atoms with E-state index in [-0.39, 0.29) is 18.9 Å². The number of aliphatic hydroxyl groups excluding tert-OH is 11. The monoisotopic (exact) mass is 1310 g/mol. The molecule has 19 heteroatoms. The lowest BCUT2D eigenvalue weighted by molar-refractivity contribution is -0.379. The fourth-order valence-electron chi connectivity index (χ4n) is 12.2. The summed E-state index contributed by atoms with van der Waals surface area (Å²) in [7, 11) is 0. The highest BCUT2D eigenvalue weighted by atomic mass is 16.8. The SMILES string of the molecule is CC/C=C\C/C=C\C/C=C\C/C=C\CCCCCCCCCCCCCCCCC(=O)NC(COC1OC(CO)C(OC2OC(CO)C(OC3OC(CO)C(O)C(O)C3O)C(O)C2O)C(O)C1O)C(O)/C=C/CCCCCCCCCCCCCCCCCCCC. The van der Waals surface area contributed by atoms with Gasteiger partial charge in [0, 0.05) is 6.42 Å². The van der Waals surface area contributed by atoms with E-state index in [9.17, 15) is 61.0 Å². The summed E-state index contributed by atoms with van der Waals surface area (Å²) in [6.07, 6.45) is 40.4. The van der Waals surface area contributed by atoms with Gasteiger partial charge in [-0.3, -0.25) is 4.79 Å². The first-order valence-electron chi connectivity index (χ1n) is 36.5. The molecule has 0 aliphatic carbocycles. The Hall–Kier alpha value is -2.51. The Morgan fingerprint density at radius 1 is 0.402 bits per heavy atom. The number of hydrogen-bond donors (Lipinski definition) is 12. The quantitative estimate of drug-likeness (QED) is 0.0199. The molecule has 12 N–H and O–H groups in total. The summed E-state index contributed by atoms with van der Waals surface area (Å²) in [6, 6.07) is -0.976. The predicted molar refractivity (Wildman–Crippen MR) is 360 cm³/mol. The van der Waals surface area contributed by atoms with E-state index >= 15 is 0 Å². The second kappa shape index (κ2) is 54.5. The second-order valence-corrected chi connectivity index (χ2v) is 26.0. The van der Waals surface area contributed by atoms with Crippen molar-refractivity contribution in [1.82, 2.24) is 5.32 Å². The lowest BCUT2D eigenvalue weighted by atomic mass is 9.96. The highest BCUT2D eigenvalue weighted by Gasteiger charge is 2.53. The maximum Gasteiger partial charge on any atom is 0.220 e. The summed E-state index contributed by atoms with van der Waals surface area (Å²) in [6.45, 7) is 1.64. The zero-order chi connectivity index (χ0) is 66.8. The molecule has 17 atom stereocenters. The number of ether oxygens (including phenoxy) is 6. The minimum absolute atomic E-state index is 0.241. The number of nitrogens with one attached hydrogen (secondary N) is 1. The van der Waals surface area contributed by atoms with E-state index in [2.05, 4.69) is 67.8 Å². The molecule has 92 heavy (non-hydrogen) atoms. The van der Waals surface area contributed by atoms with Gasteiger partial charge in [-0.05, 0) is 57.8 Å². The van der Waals surface area contributed by atoms with E-state index in [0.29, 0.717) is 6.42 Å².